The summed E-state index contributed by atoms with van der Waals surface area (Å²) >= 11 is 6.09. The van der Waals surface area contributed by atoms with Gasteiger partial charge in [0.05, 0.1) is 23.4 Å². The summed E-state index contributed by atoms with van der Waals surface area (Å²) in [4.78, 5) is 2.27. The monoisotopic (exact) mass is 425 g/mol. The van der Waals surface area contributed by atoms with Crippen molar-refractivity contribution in [3.8, 4) is 18.2 Å². The molecule has 4 rings (SSSR count). The van der Waals surface area contributed by atoms with Gasteiger partial charge in [-0.1, -0.05) is 60.1 Å². The highest BCUT2D eigenvalue weighted by Crippen LogP contribution is 2.54. The summed E-state index contributed by atoms with van der Waals surface area (Å²) in [7, 11) is 0. The number of rotatable bonds is 3. The van der Waals surface area contributed by atoms with E-state index in [4.69, 9.17) is 17.3 Å². The maximum absolute atomic E-state index is 10.1. The van der Waals surface area contributed by atoms with Gasteiger partial charge in [0.25, 0.3) is 0 Å². The third-order valence-electron chi connectivity index (χ3n) is 6.22. The van der Waals surface area contributed by atoms with Gasteiger partial charge in [-0.2, -0.15) is 15.8 Å². The van der Waals surface area contributed by atoms with Crippen LogP contribution in [-0.4, -0.2) is 18.0 Å². The second-order valence-corrected chi connectivity index (χ2v) is 8.34. The van der Waals surface area contributed by atoms with E-state index in [1.54, 1.807) is 12.1 Å². The van der Waals surface area contributed by atoms with Crippen molar-refractivity contribution in [2.75, 3.05) is 13.1 Å². The van der Waals surface area contributed by atoms with Gasteiger partial charge >= 0.3 is 0 Å². The summed E-state index contributed by atoms with van der Waals surface area (Å²) in [6.45, 7) is 2.01. The van der Waals surface area contributed by atoms with Crippen LogP contribution in [0.15, 0.2) is 77.5 Å². The zero-order valence-corrected chi connectivity index (χ0v) is 17.5. The second kappa shape index (κ2) is 8.29. The largest absolute Gasteiger partial charge is 0.399 e. The Labute approximate surface area is 186 Å². The molecule has 2 aliphatic rings. The van der Waals surface area contributed by atoms with E-state index in [-0.39, 0.29) is 17.2 Å². The molecule has 0 saturated heterocycles. The number of allylic oxidation sites excluding steroid dienone is 2. The fraction of sp³-hybridized carbons (Fsp3) is 0.240. The van der Waals surface area contributed by atoms with Crippen LogP contribution in [-0.2, 0) is 6.54 Å². The van der Waals surface area contributed by atoms with Crippen LogP contribution in [0.1, 0.15) is 17.0 Å². The predicted molar refractivity (Wildman–Crippen MR) is 118 cm³/mol. The number of halogens is 1. The zero-order chi connectivity index (χ0) is 22.0. The maximum atomic E-state index is 10.1. The molecule has 2 aromatic rings. The average Bonchev–Trinajstić information content (AvgIpc) is 2.80. The lowest BCUT2D eigenvalue weighted by Gasteiger charge is -2.45. The SMILES string of the molecule is N#CC1=C(N)C(C#N)(C#N)[C@@H](c2ccc(Cl)cc2)[C@H]2CN(Cc3ccccc3)CC=C12. The molecule has 31 heavy (non-hydrogen) atoms. The van der Waals surface area contributed by atoms with Gasteiger partial charge < -0.3 is 5.73 Å². The lowest BCUT2D eigenvalue weighted by Crippen LogP contribution is -2.47. The first-order chi connectivity index (χ1) is 15.0. The Morgan fingerprint density at radius 2 is 1.71 bits per heavy atom. The van der Waals surface area contributed by atoms with Crippen LogP contribution in [0.4, 0.5) is 0 Å². The molecule has 0 bridgehead atoms. The Hall–Kier alpha value is -3.56. The van der Waals surface area contributed by atoms with Crippen LogP contribution in [0, 0.1) is 45.3 Å². The molecule has 0 spiro atoms. The summed E-state index contributed by atoms with van der Waals surface area (Å²) < 4.78 is 0. The number of hydrogen-bond acceptors (Lipinski definition) is 5. The molecule has 2 aromatic carbocycles. The van der Waals surface area contributed by atoms with Crippen LogP contribution >= 0.6 is 11.6 Å². The summed E-state index contributed by atoms with van der Waals surface area (Å²) in [5.41, 5.74) is 7.83. The maximum Gasteiger partial charge on any atom is 0.191 e. The summed E-state index contributed by atoms with van der Waals surface area (Å²) in [6.07, 6.45) is 2.02. The molecule has 0 radical (unpaired) electrons. The second-order valence-electron chi connectivity index (χ2n) is 7.91. The third kappa shape index (κ3) is 3.47. The predicted octanol–water partition coefficient (Wildman–Crippen LogP) is 4.27. The first kappa shape index (κ1) is 20.7. The van der Waals surface area contributed by atoms with Crippen LogP contribution in [0.5, 0.6) is 0 Å². The lowest BCUT2D eigenvalue weighted by atomic mass is 9.58. The van der Waals surface area contributed by atoms with Gasteiger partial charge in [-0.15, -0.1) is 0 Å². The fourth-order valence-corrected chi connectivity index (χ4v) is 4.88. The van der Waals surface area contributed by atoms with Crippen molar-refractivity contribution in [2.45, 2.75) is 12.5 Å². The van der Waals surface area contributed by atoms with E-state index in [1.165, 1.54) is 5.56 Å². The number of hydrogen-bond donors (Lipinski definition) is 1. The minimum atomic E-state index is -1.63. The minimum Gasteiger partial charge on any atom is -0.399 e. The summed E-state index contributed by atoms with van der Waals surface area (Å²) in [5.74, 6) is -0.735. The molecule has 6 heteroatoms. The van der Waals surface area contributed by atoms with E-state index >= 15 is 0 Å². The normalized spacial score (nSPS) is 22.5. The highest BCUT2D eigenvalue weighted by molar-refractivity contribution is 6.30. The standard InChI is InChI=1S/C25H20ClN5/c26-19-8-6-18(7-9-19)23-22-14-31(13-17-4-2-1-3-5-17)11-10-20(22)21(12-27)24(30)25(23,15-28)16-29/h1-10,22-23H,11,13-14,30H2/t22-,23-/m0/s1. The minimum absolute atomic E-state index is 0.0407. The fourth-order valence-electron chi connectivity index (χ4n) is 4.76. The quantitative estimate of drug-likeness (QED) is 0.791. The average molecular weight is 426 g/mol. The van der Waals surface area contributed by atoms with Crippen LogP contribution in [0.3, 0.4) is 0 Å². The smallest absolute Gasteiger partial charge is 0.191 e. The Morgan fingerprint density at radius 1 is 1.03 bits per heavy atom. The van der Waals surface area contributed by atoms with Gasteiger partial charge in [-0.05, 0) is 28.8 Å². The van der Waals surface area contributed by atoms with Gasteiger partial charge in [0, 0.05) is 36.5 Å². The van der Waals surface area contributed by atoms with Gasteiger partial charge in [-0.3, -0.25) is 4.90 Å². The molecule has 2 N–H and O–H groups in total. The summed E-state index contributed by atoms with van der Waals surface area (Å²) in [6, 6.07) is 23.8. The molecule has 2 atom stereocenters. The Kier molecular flexibility index (Phi) is 5.53. The first-order valence-corrected chi connectivity index (χ1v) is 10.4. The molecule has 1 aliphatic heterocycles. The molecule has 5 nitrogen and oxygen atoms in total. The molecule has 0 unspecified atom stereocenters. The number of fused-ring (bicyclic) bond motifs is 1. The highest BCUT2D eigenvalue weighted by atomic mass is 35.5. The number of nitrogens with two attached hydrogens (primary N) is 1. The van der Waals surface area contributed by atoms with Crippen molar-refractivity contribution in [3.63, 3.8) is 0 Å². The van der Waals surface area contributed by atoms with Crippen molar-refractivity contribution in [3.05, 3.63) is 93.7 Å². The van der Waals surface area contributed by atoms with Crippen molar-refractivity contribution < 1.29 is 0 Å². The molecule has 152 valence electrons. The molecule has 0 amide bonds. The Balaban J connectivity index is 1.84. The lowest BCUT2D eigenvalue weighted by molar-refractivity contribution is 0.201. The number of nitrogens with zero attached hydrogens (tertiary/aromatic N) is 4. The van der Waals surface area contributed by atoms with Crippen LogP contribution < -0.4 is 5.73 Å². The van der Waals surface area contributed by atoms with Crippen molar-refractivity contribution in [1.29, 1.82) is 15.8 Å². The summed E-state index contributed by atoms with van der Waals surface area (Å²) in [5, 5.41) is 30.7. The van der Waals surface area contributed by atoms with Gasteiger partial charge in [0.1, 0.15) is 6.07 Å². The highest BCUT2D eigenvalue weighted by Gasteiger charge is 2.54. The van der Waals surface area contributed by atoms with Gasteiger partial charge in [0.15, 0.2) is 5.41 Å². The van der Waals surface area contributed by atoms with Gasteiger partial charge in [0.2, 0.25) is 0 Å². The Bertz CT molecular complexity index is 1160. The van der Waals surface area contributed by atoms with E-state index < -0.39 is 11.3 Å². The van der Waals surface area contributed by atoms with E-state index in [0.717, 1.165) is 17.7 Å². The molecule has 1 heterocycles. The van der Waals surface area contributed by atoms with E-state index in [0.29, 0.717) is 18.1 Å². The number of nitriles is 3. The zero-order valence-electron chi connectivity index (χ0n) is 16.8. The van der Waals surface area contributed by atoms with E-state index in [2.05, 4.69) is 35.2 Å². The molecule has 1 aliphatic carbocycles. The van der Waals surface area contributed by atoms with E-state index in [9.17, 15) is 15.8 Å². The molecule has 0 saturated carbocycles. The van der Waals surface area contributed by atoms with E-state index in [1.807, 2.05) is 36.4 Å². The molecular weight excluding hydrogens is 406 g/mol. The van der Waals surface area contributed by atoms with Crippen molar-refractivity contribution in [1.82, 2.24) is 4.90 Å². The Morgan fingerprint density at radius 3 is 2.32 bits per heavy atom. The number of benzene rings is 2. The first-order valence-electron chi connectivity index (χ1n) is 9.99. The van der Waals surface area contributed by atoms with Gasteiger partial charge in [-0.25, -0.2) is 0 Å². The molecule has 0 fully saturated rings. The van der Waals surface area contributed by atoms with Crippen molar-refractivity contribution >= 4 is 11.6 Å². The third-order valence-corrected chi connectivity index (χ3v) is 6.47. The van der Waals surface area contributed by atoms with Crippen LogP contribution in [0.25, 0.3) is 0 Å². The van der Waals surface area contributed by atoms with Crippen LogP contribution in [0.2, 0.25) is 5.02 Å². The molecular formula is C25H20ClN5. The van der Waals surface area contributed by atoms with Crippen molar-refractivity contribution in [2.24, 2.45) is 17.1 Å². The topological polar surface area (TPSA) is 101 Å². The molecule has 0 aromatic heterocycles.